The fraction of sp³-hybridized carbons (Fsp3) is 1.00. The molecule has 0 aliphatic heterocycles. The van der Waals surface area contributed by atoms with Crippen molar-refractivity contribution in [3.8, 4) is 0 Å². The minimum Gasteiger partial charge on any atom is -0.381 e. The summed E-state index contributed by atoms with van der Waals surface area (Å²) in [6.07, 6.45) is 8.96. The normalized spacial score (nSPS) is 20.7. The van der Waals surface area contributed by atoms with E-state index in [1.165, 1.54) is 38.5 Å². The van der Waals surface area contributed by atoms with Crippen LogP contribution in [0.15, 0.2) is 0 Å². The molecule has 0 unspecified atom stereocenters. The van der Waals surface area contributed by atoms with Crippen LogP contribution in [0.25, 0.3) is 0 Å². The molecule has 1 aliphatic rings. The first kappa shape index (κ1) is 16.3. The molecule has 108 valence electrons. The van der Waals surface area contributed by atoms with Crippen LogP contribution in [0.4, 0.5) is 0 Å². The second kappa shape index (κ2) is 7.76. The van der Waals surface area contributed by atoms with Crippen LogP contribution < -0.4 is 0 Å². The molecular weight excluding hydrogens is 244 g/mol. The Balaban J connectivity index is 2.30. The number of rotatable bonds is 7. The van der Waals surface area contributed by atoms with Gasteiger partial charge in [0.1, 0.15) is 0 Å². The molecule has 0 heterocycles. The largest absolute Gasteiger partial charge is 0.381 e. The van der Waals surface area contributed by atoms with E-state index < -0.39 is 0 Å². The molecule has 1 fully saturated rings. The summed E-state index contributed by atoms with van der Waals surface area (Å²) in [5, 5.41) is 0. The van der Waals surface area contributed by atoms with Gasteiger partial charge in [-0.05, 0) is 38.9 Å². The Kier molecular flexibility index (Phi) is 7.04. The van der Waals surface area contributed by atoms with Gasteiger partial charge >= 0.3 is 0 Å². The zero-order chi connectivity index (χ0) is 13.5. The van der Waals surface area contributed by atoms with Crippen molar-refractivity contribution in [1.82, 2.24) is 0 Å². The number of thiol groups is 1. The molecule has 0 bridgehead atoms. The summed E-state index contributed by atoms with van der Waals surface area (Å²) < 4.78 is 11.3. The Morgan fingerprint density at radius 2 is 1.72 bits per heavy atom. The maximum absolute atomic E-state index is 5.93. The van der Waals surface area contributed by atoms with Gasteiger partial charge in [0.2, 0.25) is 0 Å². The molecule has 1 aliphatic carbocycles. The minimum absolute atomic E-state index is 0.0718. The maximum atomic E-state index is 5.93. The van der Waals surface area contributed by atoms with E-state index in [2.05, 4.69) is 26.5 Å². The molecule has 0 spiro atoms. The number of methoxy groups -OCH3 is 1. The zero-order valence-electron chi connectivity index (χ0n) is 12.3. The maximum Gasteiger partial charge on any atom is 0.0644 e. The summed E-state index contributed by atoms with van der Waals surface area (Å²) in [5.41, 5.74) is 0.258. The Bertz CT molecular complexity index is 221. The van der Waals surface area contributed by atoms with Crippen molar-refractivity contribution in [2.24, 2.45) is 5.41 Å². The first-order valence-electron chi connectivity index (χ1n) is 7.27. The molecule has 0 atom stereocenters. The summed E-state index contributed by atoms with van der Waals surface area (Å²) in [4.78, 5) is 0. The highest BCUT2D eigenvalue weighted by Gasteiger charge is 2.30. The molecular formula is C15H30O2S. The number of ether oxygens (including phenoxy) is 2. The van der Waals surface area contributed by atoms with Crippen LogP contribution in [-0.4, -0.2) is 31.7 Å². The summed E-state index contributed by atoms with van der Waals surface area (Å²) in [6.45, 7) is 5.87. The van der Waals surface area contributed by atoms with Crippen molar-refractivity contribution in [2.75, 3.05) is 26.1 Å². The molecule has 18 heavy (non-hydrogen) atoms. The van der Waals surface area contributed by atoms with E-state index in [9.17, 15) is 0 Å². The van der Waals surface area contributed by atoms with Gasteiger partial charge in [-0.3, -0.25) is 0 Å². The predicted molar refractivity (Wildman–Crippen MR) is 80.5 cm³/mol. The Morgan fingerprint density at radius 3 is 2.22 bits per heavy atom. The average Bonchev–Trinajstić information content (AvgIpc) is 2.61. The lowest BCUT2D eigenvalue weighted by molar-refractivity contribution is -0.0242. The van der Waals surface area contributed by atoms with E-state index in [1.54, 1.807) is 7.11 Å². The van der Waals surface area contributed by atoms with Crippen LogP contribution in [0.2, 0.25) is 0 Å². The highest BCUT2D eigenvalue weighted by atomic mass is 32.1. The van der Waals surface area contributed by atoms with E-state index in [0.717, 1.165) is 25.4 Å². The second-order valence-electron chi connectivity index (χ2n) is 6.34. The smallest absolute Gasteiger partial charge is 0.0644 e. The molecule has 0 aromatic heterocycles. The van der Waals surface area contributed by atoms with Crippen molar-refractivity contribution < 1.29 is 9.47 Å². The van der Waals surface area contributed by atoms with Crippen LogP contribution in [-0.2, 0) is 9.47 Å². The van der Waals surface area contributed by atoms with E-state index in [0.29, 0.717) is 5.41 Å². The summed E-state index contributed by atoms with van der Waals surface area (Å²) >= 11 is 4.57. The van der Waals surface area contributed by atoms with Gasteiger partial charge in [0, 0.05) is 19.1 Å². The van der Waals surface area contributed by atoms with Crippen molar-refractivity contribution in [3.05, 3.63) is 0 Å². The van der Waals surface area contributed by atoms with E-state index in [1.807, 2.05) is 0 Å². The standard InChI is InChI=1S/C15H30O2S/c1-14(2,16-3)10-11-17-12-15(13-18)8-6-4-5-7-9-15/h18H,4-13H2,1-3H3. The molecule has 3 heteroatoms. The summed E-state index contributed by atoms with van der Waals surface area (Å²) in [7, 11) is 1.76. The van der Waals surface area contributed by atoms with Crippen molar-refractivity contribution in [3.63, 3.8) is 0 Å². The van der Waals surface area contributed by atoms with E-state index >= 15 is 0 Å². The van der Waals surface area contributed by atoms with E-state index in [4.69, 9.17) is 9.47 Å². The zero-order valence-corrected chi connectivity index (χ0v) is 13.2. The molecule has 0 aromatic rings. The van der Waals surface area contributed by atoms with Gasteiger partial charge in [-0.25, -0.2) is 0 Å². The lowest BCUT2D eigenvalue weighted by Crippen LogP contribution is -2.30. The predicted octanol–water partition coefficient (Wildman–Crippen LogP) is 4.09. The van der Waals surface area contributed by atoms with Gasteiger partial charge in [-0.2, -0.15) is 12.6 Å². The molecule has 0 amide bonds. The SMILES string of the molecule is COC(C)(C)CCOCC1(CS)CCCCCC1. The van der Waals surface area contributed by atoms with Crippen LogP contribution in [0, 0.1) is 5.41 Å². The summed E-state index contributed by atoms with van der Waals surface area (Å²) in [6, 6.07) is 0. The highest BCUT2D eigenvalue weighted by molar-refractivity contribution is 7.80. The highest BCUT2D eigenvalue weighted by Crippen LogP contribution is 2.36. The average molecular weight is 274 g/mol. The number of hydrogen-bond donors (Lipinski definition) is 1. The van der Waals surface area contributed by atoms with Crippen LogP contribution in [0.3, 0.4) is 0 Å². The third-order valence-corrected chi connectivity index (χ3v) is 4.98. The van der Waals surface area contributed by atoms with Crippen LogP contribution in [0.5, 0.6) is 0 Å². The van der Waals surface area contributed by atoms with E-state index in [-0.39, 0.29) is 5.60 Å². The monoisotopic (exact) mass is 274 g/mol. The molecule has 2 nitrogen and oxygen atoms in total. The van der Waals surface area contributed by atoms with Gasteiger partial charge in [-0.15, -0.1) is 0 Å². The third-order valence-electron chi connectivity index (χ3n) is 4.31. The molecule has 1 rings (SSSR count). The third kappa shape index (κ3) is 5.50. The topological polar surface area (TPSA) is 18.5 Å². The van der Waals surface area contributed by atoms with Gasteiger partial charge in [-0.1, -0.05) is 25.7 Å². The Hall–Kier alpha value is 0.270. The quantitative estimate of drug-likeness (QED) is 0.428. The van der Waals surface area contributed by atoms with Crippen molar-refractivity contribution in [1.29, 1.82) is 0 Å². The molecule has 1 saturated carbocycles. The second-order valence-corrected chi connectivity index (χ2v) is 6.65. The van der Waals surface area contributed by atoms with Gasteiger partial charge in [0.05, 0.1) is 12.2 Å². The fourth-order valence-electron chi connectivity index (χ4n) is 2.54. The molecule has 0 N–H and O–H groups in total. The van der Waals surface area contributed by atoms with Crippen molar-refractivity contribution in [2.45, 2.75) is 64.4 Å². The Morgan fingerprint density at radius 1 is 1.11 bits per heavy atom. The lowest BCUT2D eigenvalue weighted by atomic mass is 9.83. The molecule has 0 aromatic carbocycles. The Labute approximate surface area is 118 Å². The van der Waals surface area contributed by atoms with Gasteiger partial charge in [0.25, 0.3) is 0 Å². The molecule has 0 radical (unpaired) electrons. The van der Waals surface area contributed by atoms with Crippen LogP contribution in [0.1, 0.15) is 58.8 Å². The van der Waals surface area contributed by atoms with Crippen molar-refractivity contribution >= 4 is 12.6 Å². The van der Waals surface area contributed by atoms with Gasteiger partial charge < -0.3 is 9.47 Å². The van der Waals surface area contributed by atoms with Crippen LogP contribution >= 0.6 is 12.6 Å². The summed E-state index contributed by atoms with van der Waals surface area (Å²) in [5.74, 6) is 0.959. The fourth-order valence-corrected chi connectivity index (χ4v) is 2.94. The molecule has 0 saturated heterocycles. The lowest BCUT2D eigenvalue weighted by Gasteiger charge is -2.31. The number of hydrogen-bond acceptors (Lipinski definition) is 3. The van der Waals surface area contributed by atoms with Gasteiger partial charge in [0.15, 0.2) is 0 Å². The first-order valence-corrected chi connectivity index (χ1v) is 7.91. The first-order chi connectivity index (χ1) is 8.54. The minimum atomic E-state index is -0.0718.